The molecule has 3 aromatic carbocycles. The Morgan fingerprint density at radius 2 is 1.82 bits per heavy atom. The number of carbonyl (C=O) groups excluding carboxylic acids is 1. The van der Waals surface area contributed by atoms with Crippen LogP contribution in [0.1, 0.15) is 49.1 Å². The van der Waals surface area contributed by atoms with Gasteiger partial charge < -0.3 is 14.2 Å². The normalized spacial score (nSPS) is 14.5. The average molecular weight is 629 g/mol. The van der Waals surface area contributed by atoms with Gasteiger partial charge in [0, 0.05) is 10.6 Å². The molecule has 1 aliphatic rings. The molecule has 0 saturated heterocycles. The zero-order valence-electron chi connectivity index (χ0n) is 24.8. The van der Waals surface area contributed by atoms with E-state index < -0.39 is 12.0 Å². The zero-order chi connectivity index (χ0) is 31.2. The van der Waals surface area contributed by atoms with Crippen molar-refractivity contribution in [2.75, 3.05) is 13.2 Å². The Morgan fingerprint density at radius 3 is 2.50 bits per heavy atom. The van der Waals surface area contributed by atoms with Gasteiger partial charge in [0.05, 0.1) is 35.1 Å². The molecule has 0 bridgehead atoms. The van der Waals surface area contributed by atoms with Crippen LogP contribution >= 0.6 is 22.9 Å². The van der Waals surface area contributed by atoms with E-state index in [0.717, 1.165) is 22.3 Å². The number of rotatable bonds is 11. The van der Waals surface area contributed by atoms with E-state index in [1.54, 1.807) is 24.5 Å². The van der Waals surface area contributed by atoms with Crippen LogP contribution in [0.3, 0.4) is 0 Å². The molecule has 0 radical (unpaired) electrons. The van der Waals surface area contributed by atoms with Gasteiger partial charge in [-0.2, -0.15) is 0 Å². The van der Waals surface area contributed by atoms with E-state index in [4.69, 9.17) is 25.8 Å². The average Bonchev–Trinajstić information content (AvgIpc) is 3.31. The second kappa shape index (κ2) is 13.9. The van der Waals surface area contributed by atoms with E-state index in [1.807, 2.05) is 79.7 Å². The minimum atomic E-state index is -0.660. The van der Waals surface area contributed by atoms with Gasteiger partial charge in [-0.25, -0.2) is 9.79 Å². The largest absolute Gasteiger partial charge is 0.490 e. The van der Waals surface area contributed by atoms with Crippen LogP contribution in [0.25, 0.3) is 6.08 Å². The minimum Gasteiger partial charge on any atom is -0.490 e. The third-order valence-electron chi connectivity index (χ3n) is 7.04. The molecule has 0 spiro atoms. The van der Waals surface area contributed by atoms with Crippen molar-refractivity contribution >= 4 is 35.0 Å². The summed E-state index contributed by atoms with van der Waals surface area (Å²) in [6.07, 6.45) is 4.17. The van der Waals surface area contributed by atoms with E-state index in [9.17, 15) is 9.59 Å². The van der Waals surface area contributed by atoms with Gasteiger partial charge in [0.1, 0.15) is 6.61 Å². The van der Waals surface area contributed by atoms with Gasteiger partial charge in [0.15, 0.2) is 16.3 Å². The number of halogens is 1. The van der Waals surface area contributed by atoms with Gasteiger partial charge in [-0.3, -0.25) is 9.36 Å². The molecule has 2 heterocycles. The van der Waals surface area contributed by atoms with Crippen molar-refractivity contribution in [2.45, 2.75) is 39.8 Å². The van der Waals surface area contributed by atoms with Crippen molar-refractivity contribution in [3.05, 3.63) is 138 Å². The van der Waals surface area contributed by atoms with Crippen molar-refractivity contribution in [3.8, 4) is 11.5 Å². The standard InChI is InChI=1S/C35H33ClN2O5S/c1-5-11-26-18-24(19-28(41-6-2)32(26)43-21-23-14-16-27(36)17-15-23)20-29-33(39)38-31(25-12-9-8-10-13-25)30(34(40)42-7-3)22(4)37-35(38)44-29/h5,8-10,12-20,31H,1,6-7,11,21H2,2-4H3/b29-20+. The number of allylic oxidation sites excluding steroid dienone is 2. The highest BCUT2D eigenvalue weighted by atomic mass is 35.5. The molecule has 9 heteroatoms. The molecule has 0 N–H and O–H groups in total. The molecule has 1 unspecified atom stereocenters. The Bertz CT molecular complexity index is 1890. The number of benzene rings is 3. The van der Waals surface area contributed by atoms with E-state index >= 15 is 0 Å². The number of fused-ring (bicyclic) bond motifs is 1. The number of esters is 1. The first-order valence-electron chi connectivity index (χ1n) is 14.4. The molecule has 7 nitrogen and oxygen atoms in total. The van der Waals surface area contributed by atoms with Crippen molar-refractivity contribution in [1.82, 2.24) is 4.57 Å². The number of ether oxygens (including phenoxy) is 3. The molecule has 1 aliphatic heterocycles. The lowest BCUT2D eigenvalue weighted by atomic mass is 9.96. The smallest absolute Gasteiger partial charge is 0.338 e. The third kappa shape index (κ3) is 6.56. The van der Waals surface area contributed by atoms with Gasteiger partial charge in [0.2, 0.25) is 0 Å². The minimum absolute atomic E-state index is 0.218. The summed E-state index contributed by atoms with van der Waals surface area (Å²) in [7, 11) is 0. The Hall–Kier alpha value is -4.40. The van der Waals surface area contributed by atoms with Crippen molar-refractivity contribution in [1.29, 1.82) is 0 Å². The molecule has 226 valence electrons. The molecule has 0 fully saturated rings. The van der Waals surface area contributed by atoms with Gasteiger partial charge in [-0.05, 0) is 74.2 Å². The van der Waals surface area contributed by atoms with E-state index in [0.29, 0.717) is 56.8 Å². The predicted octanol–water partition coefficient (Wildman–Crippen LogP) is 6.16. The Morgan fingerprint density at radius 1 is 1.07 bits per heavy atom. The summed E-state index contributed by atoms with van der Waals surface area (Å²) in [5.41, 5.74) is 4.05. The van der Waals surface area contributed by atoms with E-state index in [1.165, 1.54) is 11.3 Å². The summed E-state index contributed by atoms with van der Waals surface area (Å²) in [5, 5.41) is 0.660. The molecule has 44 heavy (non-hydrogen) atoms. The predicted molar refractivity (Wildman–Crippen MR) is 174 cm³/mol. The maximum atomic E-state index is 14.0. The van der Waals surface area contributed by atoms with Gasteiger partial charge in [-0.15, -0.1) is 6.58 Å². The summed E-state index contributed by atoms with van der Waals surface area (Å²) in [6, 6.07) is 20.1. The topological polar surface area (TPSA) is 79.1 Å². The Balaban J connectivity index is 1.61. The number of nitrogens with zero attached hydrogens (tertiary/aromatic N) is 2. The first kappa shape index (κ1) is 31.0. The van der Waals surface area contributed by atoms with Crippen LogP contribution in [0, 0.1) is 0 Å². The van der Waals surface area contributed by atoms with Crippen LogP contribution in [0.15, 0.2) is 100 Å². The molecule has 0 amide bonds. The van der Waals surface area contributed by atoms with E-state index in [-0.39, 0.29) is 12.2 Å². The molecule has 0 saturated carbocycles. The summed E-state index contributed by atoms with van der Waals surface area (Å²) in [6.45, 7) is 10.4. The fourth-order valence-corrected chi connectivity index (χ4v) is 6.30. The number of hydrogen-bond donors (Lipinski definition) is 0. The number of carbonyl (C=O) groups is 1. The van der Waals surface area contributed by atoms with Crippen LogP contribution in [-0.4, -0.2) is 23.8 Å². The van der Waals surface area contributed by atoms with Gasteiger partial charge >= 0.3 is 5.97 Å². The Labute approximate surface area is 265 Å². The molecule has 4 aromatic rings. The summed E-state index contributed by atoms with van der Waals surface area (Å²) in [4.78, 5) is 32.3. The Kier molecular flexibility index (Phi) is 9.82. The van der Waals surface area contributed by atoms with Crippen LogP contribution in [0.2, 0.25) is 5.02 Å². The van der Waals surface area contributed by atoms with Gasteiger partial charge in [-0.1, -0.05) is 71.5 Å². The molecule has 0 aliphatic carbocycles. The second-order valence-electron chi connectivity index (χ2n) is 10.1. The van der Waals surface area contributed by atoms with Crippen molar-refractivity contribution < 1.29 is 19.0 Å². The van der Waals surface area contributed by atoms with Crippen LogP contribution in [0.5, 0.6) is 11.5 Å². The first-order chi connectivity index (χ1) is 21.3. The SMILES string of the molecule is C=CCc1cc(/C=c2/sc3n(c2=O)C(c2ccccc2)C(C(=O)OCC)=C(C)N=3)cc(OCC)c1OCc1ccc(Cl)cc1. The molecular weight excluding hydrogens is 596 g/mol. The maximum Gasteiger partial charge on any atom is 0.338 e. The first-order valence-corrected chi connectivity index (χ1v) is 15.6. The summed E-state index contributed by atoms with van der Waals surface area (Å²) >= 11 is 7.32. The van der Waals surface area contributed by atoms with Crippen LogP contribution < -0.4 is 24.4 Å². The monoisotopic (exact) mass is 628 g/mol. The maximum absolute atomic E-state index is 14.0. The quantitative estimate of drug-likeness (QED) is 0.147. The third-order valence-corrected chi connectivity index (χ3v) is 8.28. The molecule has 1 atom stereocenters. The summed E-state index contributed by atoms with van der Waals surface area (Å²) < 4.78 is 19.7. The number of hydrogen-bond acceptors (Lipinski definition) is 7. The number of thiazole rings is 1. The highest BCUT2D eigenvalue weighted by Gasteiger charge is 2.33. The fourth-order valence-electron chi connectivity index (χ4n) is 5.13. The second-order valence-corrected chi connectivity index (χ2v) is 11.5. The lowest BCUT2D eigenvalue weighted by Crippen LogP contribution is -2.39. The number of aromatic nitrogens is 1. The molecule has 1 aromatic heterocycles. The molecular formula is C35H33ClN2O5S. The summed E-state index contributed by atoms with van der Waals surface area (Å²) in [5.74, 6) is 0.711. The van der Waals surface area contributed by atoms with Crippen molar-refractivity contribution in [2.24, 2.45) is 4.99 Å². The van der Waals surface area contributed by atoms with Gasteiger partial charge in [0.25, 0.3) is 5.56 Å². The lowest BCUT2D eigenvalue weighted by molar-refractivity contribution is -0.139. The zero-order valence-corrected chi connectivity index (χ0v) is 26.4. The van der Waals surface area contributed by atoms with Crippen molar-refractivity contribution in [3.63, 3.8) is 0 Å². The fraction of sp³-hybridized carbons (Fsp3) is 0.229. The van der Waals surface area contributed by atoms with Crippen LogP contribution in [-0.2, 0) is 22.6 Å². The highest BCUT2D eigenvalue weighted by molar-refractivity contribution is 7.07. The van der Waals surface area contributed by atoms with Crippen LogP contribution in [0.4, 0.5) is 0 Å². The van der Waals surface area contributed by atoms with E-state index in [2.05, 4.69) is 11.6 Å². The molecule has 5 rings (SSSR count). The highest BCUT2D eigenvalue weighted by Crippen LogP contribution is 2.35. The lowest BCUT2D eigenvalue weighted by Gasteiger charge is -2.24.